The summed E-state index contributed by atoms with van der Waals surface area (Å²) in [4.78, 5) is 17.1. The van der Waals surface area contributed by atoms with Crippen molar-refractivity contribution in [2.24, 2.45) is 0 Å². The molecule has 1 fully saturated rings. The molecule has 0 radical (unpaired) electrons. The van der Waals surface area contributed by atoms with Crippen molar-refractivity contribution in [3.05, 3.63) is 71.8 Å². The molecule has 2 aromatic carbocycles. The molecule has 1 N–H and O–H groups in total. The minimum absolute atomic E-state index is 0.0987. The van der Waals surface area contributed by atoms with Crippen LogP contribution in [0.5, 0.6) is 0 Å². The van der Waals surface area contributed by atoms with Gasteiger partial charge in [0.15, 0.2) is 0 Å². The average molecular weight is 396 g/mol. The van der Waals surface area contributed by atoms with E-state index in [1.165, 1.54) is 23.9 Å². The van der Waals surface area contributed by atoms with E-state index < -0.39 is 0 Å². The van der Waals surface area contributed by atoms with Gasteiger partial charge in [-0.05, 0) is 49.6 Å². The SMILES string of the molecule is CC(Sc1nc(C2CC2)n(-c2ccccc2)n1)C(=O)NCc1ccc(F)cc1. The zero-order chi connectivity index (χ0) is 19.5. The standard InChI is InChI=1S/C21H21FN4OS/c1-14(20(27)23-13-15-7-11-17(22)12-8-15)28-21-24-19(16-9-10-16)26(25-21)18-5-3-2-4-6-18/h2-8,11-12,14,16H,9-10,13H2,1H3,(H,23,27). The predicted octanol–water partition coefficient (Wildman–Crippen LogP) is 4.08. The van der Waals surface area contributed by atoms with E-state index in [0.29, 0.717) is 17.6 Å². The van der Waals surface area contributed by atoms with Gasteiger partial charge in [0.25, 0.3) is 0 Å². The lowest BCUT2D eigenvalue weighted by Crippen LogP contribution is -2.30. The Morgan fingerprint density at radius 1 is 1.21 bits per heavy atom. The van der Waals surface area contributed by atoms with Crippen LogP contribution in [0.25, 0.3) is 5.69 Å². The summed E-state index contributed by atoms with van der Waals surface area (Å²) in [6, 6.07) is 16.1. The first-order chi connectivity index (χ1) is 13.6. The third kappa shape index (κ3) is 4.42. The maximum atomic E-state index is 13.0. The van der Waals surface area contributed by atoms with Gasteiger partial charge in [0.1, 0.15) is 11.6 Å². The lowest BCUT2D eigenvalue weighted by molar-refractivity contribution is -0.120. The molecule has 4 rings (SSSR count). The van der Waals surface area contributed by atoms with Gasteiger partial charge >= 0.3 is 0 Å². The van der Waals surface area contributed by atoms with Gasteiger partial charge in [-0.1, -0.05) is 42.1 Å². The molecule has 7 heteroatoms. The number of carbonyl (C=O) groups is 1. The van der Waals surface area contributed by atoms with E-state index in [4.69, 9.17) is 4.98 Å². The van der Waals surface area contributed by atoms with Gasteiger partial charge in [0.2, 0.25) is 11.1 Å². The highest BCUT2D eigenvalue weighted by Crippen LogP contribution is 2.40. The smallest absolute Gasteiger partial charge is 0.233 e. The number of carbonyl (C=O) groups excluding carboxylic acids is 1. The van der Waals surface area contributed by atoms with Crippen LogP contribution in [0, 0.1) is 5.82 Å². The van der Waals surface area contributed by atoms with Crippen LogP contribution in [0.3, 0.4) is 0 Å². The molecule has 1 aromatic heterocycles. The summed E-state index contributed by atoms with van der Waals surface area (Å²) in [5.41, 5.74) is 1.84. The molecule has 1 aliphatic rings. The van der Waals surface area contributed by atoms with Crippen molar-refractivity contribution in [3.63, 3.8) is 0 Å². The van der Waals surface area contributed by atoms with Crippen molar-refractivity contribution in [1.29, 1.82) is 0 Å². The minimum atomic E-state index is -0.334. The Balaban J connectivity index is 1.42. The number of benzene rings is 2. The number of aromatic nitrogens is 3. The highest BCUT2D eigenvalue weighted by molar-refractivity contribution is 8.00. The number of amides is 1. The Morgan fingerprint density at radius 2 is 1.93 bits per heavy atom. The van der Waals surface area contributed by atoms with Gasteiger partial charge in [0, 0.05) is 12.5 Å². The highest BCUT2D eigenvalue weighted by Gasteiger charge is 2.31. The van der Waals surface area contributed by atoms with E-state index >= 15 is 0 Å². The van der Waals surface area contributed by atoms with Crippen molar-refractivity contribution in [3.8, 4) is 5.69 Å². The number of hydrogen-bond acceptors (Lipinski definition) is 4. The molecule has 1 amide bonds. The molecule has 1 unspecified atom stereocenters. The number of nitrogens with zero attached hydrogens (tertiary/aromatic N) is 3. The third-order valence-corrected chi connectivity index (χ3v) is 5.54. The maximum Gasteiger partial charge on any atom is 0.233 e. The minimum Gasteiger partial charge on any atom is -0.351 e. The van der Waals surface area contributed by atoms with Gasteiger partial charge in [-0.2, -0.15) is 0 Å². The van der Waals surface area contributed by atoms with E-state index in [9.17, 15) is 9.18 Å². The van der Waals surface area contributed by atoms with E-state index in [2.05, 4.69) is 10.4 Å². The van der Waals surface area contributed by atoms with Crippen LogP contribution in [0.1, 0.15) is 37.1 Å². The fourth-order valence-corrected chi connectivity index (χ4v) is 3.65. The molecule has 0 bridgehead atoms. The Labute approximate surface area is 167 Å². The van der Waals surface area contributed by atoms with Gasteiger partial charge in [-0.15, -0.1) is 5.10 Å². The fourth-order valence-electron chi connectivity index (χ4n) is 2.87. The van der Waals surface area contributed by atoms with Crippen LogP contribution in [-0.2, 0) is 11.3 Å². The van der Waals surface area contributed by atoms with E-state index in [0.717, 1.165) is 29.9 Å². The van der Waals surface area contributed by atoms with Gasteiger partial charge in [-0.3, -0.25) is 4.79 Å². The summed E-state index contributed by atoms with van der Waals surface area (Å²) in [6.45, 7) is 2.20. The second-order valence-corrected chi connectivity index (χ2v) is 8.19. The summed E-state index contributed by atoms with van der Waals surface area (Å²) < 4.78 is 14.9. The first-order valence-electron chi connectivity index (χ1n) is 9.31. The molecule has 1 aliphatic carbocycles. The maximum absolute atomic E-state index is 13.0. The Kier molecular flexibility index (Phi) is 5.43. The van der Waals surface area contributed by atoms with Crippen LogP contribution in [0.2, 0.25) is 0 Å². The quantitative estimate of drug-likeness (QED) is 0.612. The highest BCUT2D eigenvalue weighted by atomic mass is 32.2. The number of rotatable bonds is 7. The molecule has 28 heavy (non-hydrogen) atoms. The van der Waals surface area contributed by atoms with Crippen molar-refractivity contribution in [2.45, 2.75) is 42.6 Å². The summed E-state index contributed by atoms with van der Waals surface area (Å²) in [5, 5.41) is 7.79. The van der Waals surface area contributed by atoms with Crippen LogP contribution < -0.4 is 5.32 Å². The lowest BCUT2D eigenvalue weighted by atomic mass is 10.2. The monoisotopic (exact) mass is 396 g/mol. The molecule has 0 aliphatic heterocycles. The normalized spacial score (nSPS) is 14.6. The molecule has 144 valence electrons. The molecule has 1 atom stereocenters. The summed E-state index contributed by atoms with van der Waals surface area (Å²) in [7, 11) is 0. The van der Waals surface area contributed by atoms with Crippen molar-refractivity contribution in [2.75, 3.05) is 0 Å². The molecule has 3 aromatic rings. The van der Waals surface area contributed by atoms with Crippen LogP contribution >= 0.6 is 11.8 Å². The van der Waals surface area contributed by atoms with Gasteiger partial charge in [0.05, 0.1) is 10.9 Å². The molecule has 0 spiro atoms. The summed E-state index contributed by atoms with van der Waals surface area (Å²) in [5.74, 6) is 1.03. The average Bonchev–Trinajstić information content (AvgIpc) is 3.48. The summed E-state index contributed by atoms with van der Waals surface area (Å²) in [6.07, 6.45) is 2.26. The van der Waals surface area contributed by atoms with E-state index in [-0.39, 0.29) is 17.0 Å². The first-order valence-corrected chi connectivity index (χ1v) is 10.2. The third-order valence-electron chi connectivity index (χ3n) is 4.59. The second-order valence-electron chi connectivity index (χ2n) is 6.88. The molecular formula is C21H21FN4OS. The molecule has 1 heterocycles. The molecular weight excluding hydrogens is 375 g/mol. The number of halogens is 1. The van der Waals surface area contributed by atoms with Crippen molar-refractivity contribution >= 4 is 17.7 Å². The van der Waals surface area contributed by atoms with Gasteiger partial charge < -0.3 is 5.32 Å². The van der Waals surface area contributed by atoms with Crippen LogP contribution in [0.15, 0.2) is 59.8 Å². The molecule has 1 saturated carbocycles. The number of hydrogen-bond donors (Lipinski definition) is 1. The van der Waals surface area contributed by atoms with Crippen molar-refractivity contribution < 1.29 is 9.18 Å². The van der Waals surface area contributed by atoms with E-state index in [1.54, 1.807) is 12.1 Å². The largest absolute Gasteiger partial charge is 0.351 e. The zero-order valence-electron chi connectivity index (χ0n) is 15.5. The Morgan fingerprint density at radius 3 is 2.61 bits per heavy atom. The first kappa shape index (κ1) is 18.7. The number of para-hydroxylation sites is 1. The zero-order valence-corrected chi connectivity index (χ0v) is 16.3. The lowest BCUT2D eigenvalue weighted by Gasteiger charge is -2.10. The number of nitrogens with one attached hydrogen (secondary N) is 1. The summed E-state index contributed by atoms with van der Waals surface area (Å²) >= 11 is 1.35. The Hall–Kier alpha value is -2.67. The van der Waals surface area contributed by atoms with Crippen molar-refractivity contribution in [1.82, 2.24) is 20.1 Å². The molecule has 0 saturated heterocycles. The second kappa shape index (κ2) is 8.14. The topological polar surface area (TPSA) is 59.8 Å². The van der Waals surface area contributed by atoms with E-state index in [1.807, 2.05) is 41.9 Å². The van der Waals surface area contributed by atoms with Crippen LogP contribution in [0.4, 0.5) is 4.39 Å². The predicted molar refractivity (Wildman–Crippen MR) is 107 cm³/mol. The van der Waals surface area contributed by atoms with Crippen LogP contribution in [-0.4, -0.2) is 25.9 Å². The Bertz CT molecular complexity index is 954. The van der Waals surface area contributed by atoms with Gasteiger partial charge in [-0.25, -0.2) is 14.1 Å². The number of thioether (sulfide) groups is 1. The fraction of sp³-hybridized carbons (Fsp3) is 0.286. The molecule has 5 nitrogen and oxygen atoms in total.